The monoisotopic (exact) mass is 373 g/mol. The molecule has 25 heavy (non-hydrogen) atoms. The number of rotatable bonds is 3. The molecule has 1 aliphatic rings. The first kappa shape index (κ1) is 17.3. The molecule has 0 spiro atoms. The van der Waals surface area contributed by atoms with E-state index in [4.69, 9.17) is 0 Å². The minimum absolute atomic E-state index is 0.0633. The molecule has 10 heteroatoms. The molecule has 1 fully saturated rings. The predicted molar refractivity (Wildman–Crippen MR) is 82.6 cm³/mol. The lowest BCUT2D eigenvalue weighted by Gasteiger charge is -2.16. The molecule has 2 amide bonds. The Kier molecular flexibility index (Phi) is 4.46. The summed E-state index contributed by atoms with van der Waals surface area (Å²) in [5, 5.41) is 2.13. The molecule has 0 aliphatic carbocycles. The maximum Gasteiger partial charge on any atom is 0.427 e. The fourth-order valence-electron chi connectivity index (χ4n) is 2.42. The summed E-state index contributed by atoms with van der Waals surface area (Å²) >= 11 is 0.318. The number of anilines is 2. The van der Waals surface area contributed by atoms with Crippen molar-refractivity contribution in [3.8, 4) is 0 Å². The molecule has 2 heterocycles. The molecule has 2 aromatic rings. The van der Waals surface area contributed by atoms with E-state index in [0.29, 0.717) is 23.2 Å². The highest BCUT2D eigenvalue weighted by Crippen LogP contribution is 2.35. The minimum atomic E-state index is -4.52. The molecule has 1 saturated heterocycles. The van der Waals surface area contributed by atoms with Crippen LogP contribution in [0.5, 0.6) is 0 Å². The minimum Gasteiger partial charge on any atom is -0.312 e. The van der Waals surface area contributed by atoms with Gasteiger partial charge in [-0.3, -0.25) is 9.59 Å². The Hall–Kier alpha value is -2.49. The Morgan fingerprint density at radius 3 is 2.56 bits per heavy atom. The zero-order valence-corrected chi connectivity index (χ0v) is 13.3. The SMILES string of the molecule is O=C(Nc1ncc(C(F)(F)F)s1)C1CC(=O)N(c2ccc(F)cc2)C1. The van der Waals surface area contributed by atoms with Gasteiger partial charge in [-0.05, 0) is 24.3 Å². The first-order valence-corrected chi connectivity index (χ1v) is 7.95. The number of hydrogen-bond donors (Lipinski definition) is 1. The molecular formula is C15H11F4N3O2S. The summed E-state index contributed by atoms with van der Waals surface area (Å²) in [5.41, 5.74) is 0.454. The Balaban J connectivity index is 1.66. The predicted octanol–water partition coefficient (Wildman–Crippen LogP) is 3.29. The van der Waals surface area contributed by atoms with Crippen LogP contribution in [0.25, 0.3) is 0 Å². The van der Waals surface area contributed by atoms with Gasteiger partial charge in [-0.25, -0.2) is 9.37 Å². The Labute approximate surface area is 143 Å². The standard InChI is InChI=1S/C15H11F4N3O2S/c16-9-1-3-10(4-2-9)22-7-8(5-12(22)23)13(24)21-14-20-6-11(25-14)15(17,18)19/h1-4,6,8H,5,7H2,(H,20,21,24). The third-order valence-corrected chi connectivity index (χ3v) is 4.61. The van der Waals surface area contributed by atoms with Gasteiger partial charge in [-0.2, -0.15) is 13.2 Å². The van der Waals surface area contributed by atoms with Crippen molar-refractivity contribution in [1.29, 1.82) is 0 Å². The number of nitrogens with zero attached hydrogens (tertiary/aromatic N) is 2. The fraction of sp³-hybridized carbons (Fsp3) is 0.267. The molecule has 0 bridgehead atoms. The molecular weight excluding hydrogens is 362 g/mol. The average Bonchev–Trinajstić information content (AvgIpc) is 3.15. The lowest BCUT2D eigenvalue weighted by atomic mass is 10.1. The van der Waals surface area contributed by atoms with Crippen molar-refractivity contribution < 1.29 is 27.2 Å². The third-order valence-electron chi connectivity index (χ3n) is 3.65. The van der Waals surface area contributed by atoms with Crippen LogP contribution in [0.1, 0.15) is 11.3 Å². The van der Waals surface area contributed by atoms with Crippen molar-refractivity contribution in [3.05, 3.63) is 41.2 Å². The zero-order valence-electron chi connectivity index (χ0n) is 12.5. The second-order valence-corrected chi connectivity index (χ2v) is 6.43. The summed E-state index contributed by atoms with van der Waals surface area (Å²) < 4.78 is 50.6. The number of halogens is 4. The molecule has 1 aromatic carbocycles. The maximum atomic E-state index is 13.0. The van der Waals surface area contributed by atoms with Crippen LogP contribution in [-0.4, -0.2) is 23.3 Å². The van der Waals surface area contributed by atoms with E-state index < -0.39 is 28.7 Å². The fourth-order valence-corrected chi connectivity index (χ4v) is 3.11. The highest BCUT2D eigenvalue weighted by Gasteiger charge is 2.36. The quantitative estimate of drug-likeness (QED) is 0.840. The van der Waals surface area contributed by atoms with E-state index in [-0.39, 0.29) is 24.0 Å². The molecule has 132 valence electrons. The summed E-state index contributed by atoms with van der Waals surface area (Å²) in [5.74, 6) is -2.08. The van der Waals surface area contributed by atoms with E-state index >= 15 is 0 Å². The van der Waals surface area contributed by atoms with E-state index in [1.807, 2.05) is 0 Å². The summed E-state index contributed by atoms with van der Waals surface area (Å²) in [6, 6.07) is 5.24. The van der Waals surface area contributed by atoms with Gasteiger partial charge >= 0.3 is 6.18 Å². The van der Waals surface area contributed by atoms with Crippen molar-refractivity contribution in [2.75, 3.05) is 16.8 Å². The van der Waals surface area contributed by atoms with Gasteiger partial charge < -0.3 is 10.2 Å². The number of nitrogens with one attached hydrogen (secondary N) is 1. The van der Waals surface area contributed by atoms with Crippen LogP contribution in [0.3, 0.4) is 0 Å². The molecule has 1 aliphatic heterocycles. The topological polar surface area (TPSA) is 62.3 Å². The van der Waals surface area contributed by atoms with Crippen LogP contribution in [-0.2, 0) is 15.8 Å². The molecule has 1 unspecified atom stereocenters. The zero-order chi connectivity index (χ0) is 18.2. The van der Waals surface area contributed by atoms with Gasteiger partial charge in [0.1, 0.15) is 10.7 Å². The Morgan fingerprint density at radius 2 is 1.96 bits per heavy atom. The summed E-state index contributed by atoms with van der Waals surface area (Å²) in [7, 11) is 0. The number of amides is 2. The van der Waals surface area contributed by atoms with Gasteiger partial charge in [0.05, 0.1) is 12.1 Å². The van der Waals surface area contributed by atoms with E-state index in [1.165, 1.54) is 29.2 Å². The lowest BCUT2D eigenvalue weighted by Crippen LogP contribution is -2.28. The van der Waals surface area contributed by atoms with E-state index in [1.54, 1.807) is 0 Å². The van der Waals surface area contributed by atoms with E-state index in [9.17, 15) is 27.2 Å². The number of benzene rings is 1. The second-order valence-electron chi connectivity index (χ2n) is 5.40. The van der Waals surface area contributed by atoms with Gasteiger partial charge in [0.2, 0.25) is 11.8 Å². The van der Waals surface area contributed by atoms with Crippen molar-refractivity contribution in [2.45, 2.75) is 12.6 Å². The molecule has 0 radical (unpaired) electrons. The second kappa shape index (κ2) is 6.43. The molecule has 5 nitrogen and oxygen atoms in total. The number of carbonyl (C=O) groups is 2. The Morgan fingerprint density at radius 1 is 1.28 bits per heavy atom. The van der Waals surface area contributed by atoms with Crippen molar-refractivity contribution in [2.24, 2.45) is 5.92 Å². The van der Waals surface area contributed by atoms with Crippen molar-refractivity contribution in [1.82, 2.24) is 4.98 Å². The molecule has 1 atom stereocenters. The molecule has 1 N–H and O–H groups in total. The first-order chi connectivity index (χ1) is 11.7. The summed E-state index contributed by atoms with van der Waals surface area (Å²) in [6.07, 6.45) is -3.96. The van der Waals surface area contributed by atoms with Gasteiger partial charge in [-0.15, -0.1) is 0 Å². The van der Waals surface area contributed by atoms with Gasteiger partial charge in [0.25, 0.3) is 0 Å². The molecule has 1 aromatic heterocycles. The molecule has 3 rings (SSSR count). The highest BCUT2D eigenvalue weighted by molar-refractivity contribution is 7.15. The van der Waals surface area contributed by atoms with E-state index in [2.05, 4.69) is 10.3 Å². The van der Waals surface area contributed by atoms with E-state index in [0.717, 1.165) is 0 Å². The lowest BCUT2D eigenvalue weighted by molar-refractivity contribution is -0.134. The van der Waals surface area contributed by atoms with Crippen LogP contribution in [0, 0.1) is 11.7 Å². The summed E-state index contributed by atoms with van der Waals surface area (Å²) in [6.45, 7) is 0.0633. The maximum absolute atomic E-state index is 13.0. The van der Waals surface area contributed by atoms with Gasteiger partial charge in [-0.1, -0.05) is 11.3 Å². The first-order valence-electron chi connectivity index (χ1n) is 7.14. The number of alkyl halides is 3. The smallest absolute Gasteiger partial charge is 0.312 e. The van der Waals surface area contributed by atoms with Crippen LogP contribution >= 0.6 is 11.3 Å². The number of hydrogen-bond acceptors (Lipinski definition) is 4. The van der Waals surface area contributed by atoms with Crippen LogP contribution < -0.4 is 10.2 Å². The van der Waals surface area contributed by atoms with Crippen molar-refractivity contribution >= 4 is 34.0 Å². The number of thiazole rings is 1. The van der Waals surface area contributed by atoms with Crippen LogP contribution in [0.4, 0.5) is 28.4 Å². The van der Waals surface area contributed by atoms with Gasteiger partial charge in [0.15, 0.2) is 5.13 Å². The average molecular weight is 373 g/mol. The van der Waals surface area contributed by atoms with Crippen LogP contribution in [0.2, 0.25) is 0 Å². The van der Waals surface area contributed by atoms with Crippen LogP contribution in [0.15, 0.2) is 30.5 Å². The van der Waals surface area contributed by atoms with Crippen molar-refractivity contribution in [3.63, 3.8) is 0 Å². The molecule has 0 saturated carbocycles. The number of aromatic nitrogens is 1. The summed E-state index contributed by atoms with van der Waals surface area (Å²) in [4.78, 5) is 28.2. The number of carbonyl (C=O) groups excluding carboxylic acids is 2. The van der Waals surface area contributed by atoms with Gasteiger partial charge in [0, 0.05) is 18.7 Å². The highest BCUT2D eigenvalue weighted by atomic mass is 32.1. The Bertz CT molecular complexity index is 804. The largest absolute Gasteiger partial charge is 0.427 e. The third kappa shape index (κ3) is 3.78. The normalized spacial score (nSPS) is 17.8.